The van der Waals surface area contributed by atoms with Gasteiger partial charge >= 0.3 is 0 Å². The smallest absolute Gasteiger partial charge is 0.256 e. The number of aromatic nitrogens is 1. The zero-order valence-corrected chi connectivity index (χ0v) is 59.1. The molecule has 12 heteroatoms. The summed E-state index contributed by atoms with van der Waals surface area (Å²) in [5, 5.41) is 3.09. The van der Waals surface area contributed by atoms with Crippen molar-refractivity contribution in [3.8, 4) is 17.2 Å². The molecule has 0 atom stereocenters. The molecule has 0 spiro atoms. The van der Waals surface area contributed by atoms with E-state index in [0.717, 1.165) is 130 Å². The number of hydrogen-bond acceptors (Lipinski definition) is 7. The van der Waals surface area contributed by atoms with Gasteiger partial charge in [0.15, 0.2) is 0 Å². The first-order valence-corrected chi connectivity index (χ1v) is 37.5. The second-order valence-corrected chi connectivity index (χ2v) is 29.2. The average Bonchev–Trinajstić information content (AvgIpc) is 1.08. The van der Waals surface area contributed by atoms with Crippen LogP contribution in [-0.4, -0.2) is 24.7 Å². The molecule has 0 fully saturated rings. The fraction of sp³-hybridized carbons (Fsp3) is 0. The Morgan fingerprint density at radius 1 is 0.241 bits per heavy atom. The van der Waals surface area contributed by atoms with Gasteiger partial charge in [-0.25, -0.2) is 0 Å². The molecule has 0 amide bonds. The third-order valence-corrected chi connectivity index (χ3v) is 23.3. The zero-order chi connectivity index (χ0) is 70.8. The van der Waals surface area contributed by atoms with Crippen LogP contribution in [-0.2, 0) is 0 Å². The summed E-state index contributed by atoms with van der Waals surface area (Å²) in [6.07, 6.45) is 0. The third-order valence-electron chi connectivity index (χ3n) is 23.1. The van der Waals surface area contributed by atoms with Gasteiger partial charge in [0.05, 0.1) is 16.9 Å². The molecule has 0 bridgehead atoms. The molecule has 0 aliphatic carbocycles. The molecule has 1 aromatic heterocycles. The largest absolute Gasteiger partial charge is 0.458 e. The Labute approximate surface area is 631 Å². The van der Waals surface area contributed by atoms with Crippen molar-refractivity contribution in [2.45, 2.75) is 0 Å². The lowest BCUT2D eigenvalue weighted by molar-refractivity contribution is 0.487. The fourth-order valence-corrected chi connectivity index (χ4v) is 19.1. The summed E-state index contributed by atoms with van der Waals surface area (Å²) >= 11 is 7.88. The summed E-state index contributed by atoms with van der Waals surface area (Å²) in [5.41, 5.74) is 33.2. The average molecular weight is 1400 g/mol. The molecular weight excluding hydrogens is 1330 g/mol. The molecular formula is C96H61B3ClN7O. The molecule has 7 heterocycles. The van der Waals surface area contributed by atoms with Gasteiger partial charge < -0.3 is 38.7 Å². The van der Waals surface area contributed by atoms with Gasteiger partial charge in [0.1, 0.15) is 11.5 Å². The normalized spacial score (nSPS) is 13.4. The molecule has 0 saturated carbocycles. The lowest BCUT2D eigenvalue weighted by Gasteiger charge is -2.47. The Hall–Kier alpha value is -13.6. The van der Waals surface area contributed by atoms with E-state index in [1.807, 2.05) is 0 Å². The topological polar surface area (TPSA) is 33.6 Å². The van der Waals surface area contributed by atoms with E-state index >= 15 is 0 Å². The number of rotatable bonds is 10. The first-order valence-electron chi connectivity index (χ1n) is 37.1. The number of fused-ring (bicyclic) bond motifs is 15. The maximum absolute atomic E-state index is 7.88. The maximum atomic E-state index is 7.88. The first kappa shape index (κ1) is 60.8. The number of hydrogen-bond donors (Lipinski definition) is 0. The molecule has 0 N–H and O–H groups in total. The summed E-state index contributed by atoms with van der Waals surface area (Å²) < 4.78 is 9.97. The van der Waals surface area contributed by atoms with E-state index in [-0.39, 0.29) is 20.1 Å². The lowest BCUT2D eigenvalue weighted by atomic mass is 9.29. The van der Waals surface area contributed by atoms with Crippen LogP contribution in [0.1, 0.15) is 0 Å². The second-order valence-electron chi connectivity index (χ2n) is 28.8. The molecule has 0 radical (unpaired) electrons. The summed E-state index contributed by atoms with van der Waals surface area (Å²) in [4.78, 5) is 14.9. The van der Waals surface area contributed by atoms with Crippen molar-refractivity contribution in [3.63, 3.8) is 0 Å². The monoisotopic (exact) mass is 1400 g/mol. The number of nitrogens with zero attached hydrogens (tertiary/aromatic N) is 7. The van der Waals surface area contributed by atoms with Crippen molar-refractivity contribution >= 4 is 205 Å². The molecule has 0 saturated heterocycles. The van der Waals surface area contributed by atoms with Crippen LogP contribution in [0.3, 0.4) is 0 Å². The van der Waals surface area contributed by atoms with E-state index in [9.17, 15) is 0 Å². The quantitative estimate of drug-likeness (QED) is 0.126. The predicted octanol–water partition coefficient (Wildman–Crippen LogP) is 19.5. The molecule has 17 aromatic rings. The van der Waals surface area contributed by atoms with Gasteiger partial charge in [-0.3, -0.25) is 0 Å². The van der Waals surface area contributed by atoms with Crippen molar-refractivity contribution in [3.05, 3.63) is 375 Å². The summed E-state index contributed by atoms with van der Waals surface area (Å²) in [7, 11) is 0. The van der Waals surface area contributed by atoms with E-state index in [1.165, 1.54) is 60.0 Å². The standard InChI is InChI=1S/C96H61B3ClN7O/c100-62-52-86-93-87(53-62)104(68-40-19-6-20-41-68)85-61-83-78(98-76-49-29-47-74-73-46-25-27-50-81(73)107(96(74)76)89-55-71(54-88(94(89)98)105(83)69-42-21-7-22-43-69)101(63-30-9-1-10-31-63)64-32-11-2-12-33-64)59-80(85)99(93)79-58-77-82(60-84(79)103(86)67-38-17-5-18-39-67)106(70-44-23-8-24-45-70)90-56-72(57-92-95(90)97(77)75-48-26-28-51-91(75)108-92)102(65-34-13-3-14-35-65)66-36-15-4-16-37-66/h1-61H. The molecule has 23 rings (SSSR count). The van der Waals surface area contributed by atoms with Crippen molar-refractivity contribution in [1.29, 1.82) is 0 Å². The SMILES string of the molecule is Clc1cc2c3c(c1)N(c1ccccc1)c1cc4c(cc1B3c1cc3c(cc1N2c1ccccc1)N(c1ccccc1)c1cc(N(c2ccccc2)c2ccccc2)cc2c1B3c1ccccc1O2)B1c2c(cc(N(c3ccccc3)c3ccccc3)cc2-n2c3ccccc3c3cccc1c32)N4c1ccccc1. The maximum Gasteiger partial charge on any atom is 0.256 e. The number of ether oxygens (including phenoxy) is 1. The van der Waals surface area contributed by atoms with Crippen molar-refractivity contribution < 1.29 is 4.74 Å². The highest BCUT2D eigenvalue weighted by atomic mass is 35.5. The first-order chi connectivity index (χ1) is 53.5. The van der Waals surface area contributed by atoms with Crippen LogP contribution >= 0.6 is 11.6 Å². The number of anilines is 18. The Balaban J connectivity index is 0.832. The van der Waals surface area contributed by atoms with Crippen molar-refractivity contribution in [1.82, 2.24) is 4.57 Å². The van der Waals surface area contributed by atoms with Gasteiger partial charge in [-0.2, -0.15) is 0 Å². The van der Waals surface area contributed by atoms with E-state index in [0.29, 0.717) is 5.02 Å². The number of benzene rings is 16. The molecule has 8 nitrogen and oxygen atoms in total. The Bertz CT molecular complexity index is 6440. The number of para-hydroxylation sites is 11. The van der Waals surface area contributed by atoms with Crippen LogP contribution in [0.2, 0.25) is 5.02 Å². The minimum absolute atomic E-state index is 0.215. The highest BCUT2D eigenvalue weighted by Gasteiger charge is 2.51. The Morgan fingerprint density at radius 3 is 1.06 bits per heavy atom. The van der Waals surface area contributed by atoms with Crippen LogP contribution < -0.4 is 83.3 Å². The summed E-state index contributed by atoms with van der Waals surface area (Å²) in [6.45, 7) is -0.785. The van der Waals surface area contributed by atoms with E-state index < -0.39 is 0 Å². The predicted molar refractivity (Wildman–Crippen MR) is 454 cm³/mol. The molecule has 502 valence electrons. The third kappa shape index (κ3) is 8.91. The highest BCUT2D eigenvalue weighted by molar-refractivity contribution is 7.04. The van der Waals surface area contributed by atoms with Crippen LogP contribution in [0.5, 0.6) is 11.5 Å². The lowest BCUT2D eigenvalue weighted by Crippen LogP contribution is -2.66. The summed E-state index contributed by atoms with van der Waals surface area (Å²) in [5.74, 6) is 1.66. The fourth-order valence-electron chi connectivity index (χ4n) is 18.9. The van der Waals surface area contributed by atoms with E-state index in [2.05, 4.69) is 404 Å². The van der Waals surface area contributed by atoms with E-state index in [4.69, 9.17) is 16.3 Å². The van der Waals surface area contributed by atoms with Gasteiger partial charge in [0, 0.05) is 124 Å². The molecule has 6 aliphatic rings. The van der Waals surface area contributed by atoms with Crippen molar-refractivity contribution in [2.75, 3.05) is 29.4 Å². The van der Waals surface area contributed by atoms with Gasteiger partial charge in [0.25, 0.3) is 20.1 Å². The molecule has 6 aliphatic heterocycles. The molecule has 108 heavy (non-hydrogen) atoms. The van der Waals surface area contributed by atoms with Crippen LogP contribution in [0, 0.1) is 0 Å². The molecule has 0 unspecified atom stereocenters. The van der Waals surface area contributed by atoms with Crippen LogP contribution in [0.4, 0.5) is 102 Å². The Morgan fingerprint density at radius 2 is 0.583 bits per heavy atom. The van der Waals surface area contributed by atoms with Gasteiger partial charge in [0.2, 0.25) is 0 Å². The van der Waals surface area contributed by atoms with Crippen molar-refractivity contribution in [2.24, 2.45) is 0 Å². The summed E-state index contributed by atoms with van der Waals surface area (Å²) in [6, 6.07) is 136. The van der Waals surface area contributed by atoms with Gasteiger partial charge in [-0.15, -0.1) is 0 Å². The minimum atomic E-state index is -0.328. The van der Waals surface area contributed by atoms with E-state index in [1.54, 1.807) is 0 Å². The van der Waals surface area contributed by atoms with Crippen LogP contribution in [0.15, 0.2) is 370 Å². The van der Waals surface area contributed by atoms with Gasteiger partial charge in [-0.05, 0) is 201 Å². The second kappa shape index (κ2) is 23.7. The highest BCUT2D eigenvalue weighted by Crippen LogP contribution is 2.53. The zero-order valence-electron chi connectivity index (χ0n) is 58.4. The van der Waals surface area contributed by atoms with Gasteiger partial charge in [-0.1, -0.05) is 224 Å². The molecule has 16 aromatic carbocycles. The number of halogens is 1. The minimum Gasteiger partial charge on any atom is -0.458 e. The van der Waals surface area contributed by atoms with Crippen LogP contribution in [0.25, 0.3) is 27.5 Å². The Kier molecular flexibility index (Phi) is 13.3.